The van der Waals surface area contributed by atoms with Gasteiger partial charge in [-0.05, 0) is 25.1 Å². The van der Waals surface area contributed by atoms with E-state index in [1.807, 2.05) is 30.5 Å². The molecule has 1 heterocycles. The number of nitro groups is 1. The number of phenols is 1. The van der Waals surface area contributed by atoms with Crippen LogP contribution < -0.4 is 0 Å². The number of thiazole rings is 1. The summed E-state index contributed by atoms with van der Waals surface area (Å²) < 4.78 is 0. The minimum Gasteiger partial charge on any atom is -0.502 e. The van der Waals surface area contributed by atoms with Crippen LogP contribution in [0.4, 0.5) is 11.4 Å². The standard InChI is InChI=1S/C17H12ClN3O3S/c1-10-20-15(9-25-10)11-3-2-4-14(6-11)19-8-12-5-13(18)7-16(17(12)22)21(23)24/h2-9,22H,1H3. The lowest BCUT2D eigenvalue weighted by Gasteiger charge is -2.02. The normalized spacial score (nSPS) is 11.1. The van der Waals surface area contributed by atoms with Gasteiger partial charge < -0.3 is 5.11 Å². The zero-order valence-corrected chi connectivity index (χ0v) is 14.6. The molecule has 0 bridgehead atoms. The number of nitro benzene ring substituents is 1. The smallest absolute Gasteiger partial charge is 0.312 e. The van der Waals surface area contributed by atoms with Gasteiger partial charge in [0, 0.05) is 33.8 Å². The predicted octanol–water partition coefficient (Wildman–Crippen LogP) is 5.14. The summed E-state index contributed by atoms with van der Waals surface area (Å²) in [6, 6.07) is 9.92. The van der Waals surface area contributed by atoms with Gasteiger partial charge in [-0.2, -0.15) is 0 Å². The van der Waals surface area contributed by atoms with E-state index in [1.54, 1.807) is 17.4 Å². The SMILES string of the molecule is Cc1nc(-c2cccc(N=Cc3cc(Cl)cc([N+](=O)[O-])c3O)c2)cs1. The highest BCUT2D eigenvalue weighted by Crippen LogP contribution is 2.33. The van der Waals surface area contributed by atoms with Crippen molar-refractivity contribution in [1.29, 1.82) is 0 Å². The molecular formula is C17H12ClN3O3S. The number of halogens is 1. The van der Waals surface area contributed by atoms with Crippen LogP contribution in [0.1, 0.15) is 10.6 Å². The molecule has 6 nitrogen and oxygen atoms in total. The van der Waals surface area contributed by atoms with Gasteiger partial charge in [-0.3, -0.25) is 15.1 Å². The number of rotatable bonds is 4. The maximum atomic E-state index is 10.9. The lowest BCUT2D eigenvalue weighted by molar-refractivity contribution is -0.385. The highest BCUT2D eigenvalue weighted by atomic mass is 35.5. The average molecular weight is 374 g/mol. The summed E-state index contributed by atoms with van der Waals surface area (Å²) >= 11 is 7.43. The Labute approximate surface area is 152 Å². The number of aliphatic imine (C=N–C) groups is 1. The average Bonchev–Trinajstić information content (AvgIpc) is 3.02. The molecular weight excluding hydrogens is 362 g/mol. The summed E-state index contributed by atoms with van der Waals surface area (Å²) in [5, 5.41) is 24.0. The Kier molecular flexibility index (Phi) is 4.78. The van der Waals surface area contributed by atoms with Crippen LogP contribution in [-0.2, 0) is 0 Å². The van der Waals surface area contributed by atoms with Gasteiger partial charge in [0.05, 0.1) is 21.3 Å². The first-order chi connectivity index (χ1) is 11.9. The molecule has 0 aliphatic heterocycles. The first kappa shape index (κ1) is 17.1. The van der Waals surface area contributed by atoms with Crippen LogP contribution in [0, 0.1) is 17.0 Å². The quantitative estimate of drug-likeness (QED) is 0.389. The molecule has 8 heteroatoms. The molecule has 1 aromatic heterocycles. The fraction of sp³-hybridized carbons (Fsp3) is 0.0588. The molecule has 3 aromatic rings. The van der Waals surface area contributed by atoms with Crippen molar-refractivity contribution in [1.82, 2.24) is 4.98 Å². The number of nitrogens with zero attached hydrogens (tertiary/aromatic N) is 3. The second kappa shape index (κ2) is 7.00. The van der Waals surface area contributed by atoms with E-state index in [0.717, 1.165) is 22.3 Å². The molecule has 0 radical (unpaired) electrons. The molecule has 0 amide bonds. The van der Waals surface area contributed by atoms with Crippen molar-refractivity contribution < 1.29 is 10.0 Å². The molecule has 0 saturated heterocycles. The molecule has 3 rings (SSSR count). The van der Waals surface area contributed by atoms with Crippen molar-refractivity contribution in [2.45, 2.75) is 6.92 Å². The molecule has 0 aliphatic rings. The van der Waals surface area contributed by atoms with Crippen molar-refractivity contribution in [3.8, 4) is 17.0 Å². The van der Waals surface area contributed by atoms with Crippen LogP contribution in [0.5, 0.6) is 5.75 Å². The Hall–Kier alpha value is -2.77. The minimum absolute atomic E-state index is 0.151. The monoisotopic (exact) mass is 373 g/mol. The van der Waals surface area contributed by atoms with Crippen LogP contribution >= 0.6 is 22.9 Å². The zero-order chi connectivity index (χ0) is 18.0. The summed E-state index contributed by atoms with van der Waals surface area (Å²) in [7, 11) is 0. The largest absolute Gasteiger partial charge is 0.502 e. The van der Waals surface area contributed by atoms with Crippen LogP contribution in [0.15, 0.2) is 46.8 Å². The van der Waals surface area contributed by atoms with Gasteiger partial charge in [-0.25, -0.2) is 4.98 Å². The van der Waals surface area contributed by atoms with Crippen molar-refractivity contribution in [3.05, 3.63) is 67.5 Å². The lowest BCUT2D eigenvalue weighted by atomic mass is 10.1. The number of hydrogen-bond donors (Lipinski definition) is 1. The lowest BCUT2D eigenvalue weighted by Crippen LogP contribution is -1.92. The Morgan fingerprint density at radius 3 is 2.84 bits per heavy atom. The summed E-state index contributed by atoms with van der Waals surface area (Å²) in [5.74, 6) is -0.468. The van der Waals surface area contributed by atoms with E-state index in [9.17, 15) is 15.2 Å². The summed E-state index contributed by atoms with van der Waals surface area (Å²) in [5.41, 5.74) is 2.13. The molecule has 126 valence electrons. The van der Waals surface area contributed by atoms with Crippen LogP contribution in [0.25, 0.3) is 11.3 Å². The van der Waals surface area contributed by atoms with E-state index in [-0.39, 0.29) is 10.6 Å². The van der Waals surface area contributed by atoms with Gasteiger partial charge in [0.2, 0.25) is 5.75 Å². The molecule has 0 aliphatic carbocycles. The van der Waals surface area contributed by atoms with Gasteiger partial charge in [-0.1, -0.05) is 23.7 Å². The molecule has 0 unspecified atom stereocenters. The topological polar surface area (TPSA) is 88.6 Å². The van der Waals surface area contributed by atoms with Crippen LogP contribution in [-0.4, -0.2) is 21.2 Å². The van der Waals surface area contributed by atoms with Crippen molar-refractivity contribution in [2.75, 3.05) is 0 Å². The van der Waals surface area contributed by atoms with E-state index in [2.05, 4.69) is 9.98 Å². The number of phenolic OH excluding ortho intramolecular Hbond substituents is 1. The third kappa shape index (κ3) is 3.84. The number of benzene rings is 2. The predicted molar refractivity (Wildman–Crippen MR) is 99.3 cm³/mol. The second-order valence-electron chi connectivity index (χ2n) is 5.18. The molecule has 0 saturated carbocycles. The number of hydrogen-bond acceptors (Lipinski definition) is 6. The van der Waals surface area contributed by atoms with E-state index in [1.165, 1.54) is 12.3 Å². The van der Waals surface area contributed by atoms with Crippen molar-refractivity contribution >= 4 is 40.5 Å². The summed E-state index contributed by atoms with van der Waals surface area (Å²) in [6.07, 6.45) is 1.35. The van der Waals surface area contributed by atoms with Crippen LogP contribution in [0.3, 0.4) is 0 Å². The molecule has 0 spiro atoms. The number of aromatic nitrogens is 1. The third-order valence-electron chi connectivity index (χ3n) is 3.39. The van der Waals surface area contributed by atoms with Crippen molar-refractivity contribution in [2.24, 2.45) is 4.99 Å². The van der Waals surface area contributed by atoms with E-state index in [0.29, 0.717) is 5.69 Å². The molecule has 0 atom stereocenters. The Bertz CT molecular complexity index is 985. The number of aryl methyl sites for hydroxylation is 1. The minimum atomic E-state index is -0.691. The van der Waals surface area contributed by atoms with Gasteiger partial charge in [0.15, 0.2) is 0 Å². The zero-order valence-electron chi connectivity index (χ0n) is 13.0. The fourth-order valence-corrected chi connectivity index (χ4v) is 3.07. The third-order valence-corrected chi connectivity index (χ3v) is 4.39. The van der Waals surface area contributed by atoms with Gasteiger partial charge in [-0.15, -0.1) is 11.3 Å². The van der Waals surface area contributed by atoms with E-state index in [4.69, 9.17) is 11.6 Å². The van der Waals surface area contributed by atoms with Gasteiger partial charge in [0.25, 0.3) is 0 Å². The first-order valence-corrected chi connectivity index (χ1v) is 8.43. The maximum absolute atomic E-state index is 10.9. The summed E-state index contributed by atoms with van der Waals surface area (Å²) in [4.78, 5) is 19.0. The molecule has 0 fully saturated rings. The van der Waals surface area contributed by atoms with Gasteiger partial charge >= 0.3 is 5.69 Å². The fourth-order valence-electron chi connectivity index (χ4n) is 2.23. The Morgan fingerprint density at radius 1 is 1.36 bits per heavy atom. The van der Waals surface area contributed by atoms with E-state index < -0.39 is 16.4 Å². The second-order valence-corrected chi connectivity index (χ2v) is 6.68. The highest BCUT2D eigenvalue weighted by molar-refractivity contribution is 7.09. The molecule has 25 heavy (non-hydrogen) atoms. The highest BCUT2D eigenvalue weighted by Gasteiger charge is 2.17. The Balaban J connectivity index is 1.94. The maximum Gasteiger partial charge on any atom is 0.312 e. The molecule has 1 N–H and O–H groups in total. The summed E-state index contributed by atoms with van der Waals surface area (Å²) in [6.45, 7) is 1.94. The van der Waals surface area contributed by atoms with Crippen molar-refractivity contribution in [3.63, 3.8) is 0 Å². The molecule has 2 aromatic carbocycles. The van der Waals surface area contributed by atoms with E-state index >= 15 is 0 Å². The Morgan fingerprint density at radius 2 is 2.16 bits per heavy atom. The first-order valence-electron chi connectivity index (χ1n) is 7.17. The van der Waals surface area contributed by atoms with Crippen LogP contribution in [0.2, 0.25) is 5.02 Å². The van der Waals surface area contributed by atoms with Gasteiger partial charge in [0.1, 0.15) is 0 Å². The number of aromatic hydroxyl groups is 1.